The molecule has 98 valence electrons. The largest absolute Gasteiger partial charge is 0.394 e. The highest BCUT2D eigenvalue weighted by molar-refractivity contribution is 6.34. The van der Waals surface area contributed by atoms with Crippen LogP contribution in [0, 0.1) is 5.82 Å². The molecule has 1 aromatic rings. The fraction of sp³-hybridized carbons (Fsp3) is 0.417. The van der Waals surface area contributed by atoms with Gasteiger partial charge in [0.15, 0.2) is 0 Å². The van der Waals surface area contributed by atoms with Crippen molar-refractivity contribution in [3.63, 3.8) is 0 Å². The molecule has 0 spiro atoms. The maximum atomic E-state index is 13.3. The molecule has 0 aliphatic carbocycles. The summed E-state index contributed by atoms with van der Waals surface area (Å²) >= 11 is 5.78. The molecule has 1 aromatic carbocycles. The second kappa shape index (κ2) is 5.65. The molecule has 1 unspecified atom stereocenters. The van der Waals surface area contributed by atoms with Crippen LogP contribution in [0.5, 0.6) is 0 Å². The van der Waals surface area contributed by atoms with E-state index in [1.807, 2.05) is 0 Å². The molecule has 1 amide bonds. The van der Waals surface area contributed by atoms with Crippen LogP contribution in [0.3, 0.4) is 0 Å². The van der Waals surface area contributed by atoms with Crippen molar-refractivity contribution in [2.75, 3.05) is 26.4 Å². The Hall–Kier alpha value is -1.17. The average Bonchev–Trinajstić information content (AvgIpc) is 2.41. The number of amides is 1. The number of hydrogen-bond acceptors (Lipinski definition) is 3. The summed E-state index contributed by atoms with van der Waals surface area (Å²) in [5.74, 6) is -1.02. The van der Waals surface area contributed by atoms with Gasteiger partial charge >= 0.3 is 0 Å². The molecule has 1 aliphatic heterocycles. The van der Waals surface area contributed by atoms with Crippen molar-refractivity contribution in [3.8, 4) is 0 Å². The lowest BCUT2D eigenvalue weighted by atomic mass is 10.1. The minimum absolute atomic E-state index is 0.108. The summed E-state index contributed by atoms with van der Waals surface area (Å²) in [7, 11) is 0. The number of hydrogen-bond donors (Lipinski definition) is 1. The molecule has 0 saturated carbocycles. The van der Waals surface area contributed by atoms with Crippen LogP contribution in [0.1, 0.15) is 10.4 Å². The van der Waals surface area contributed by atoms with Gasteiger partial charge in [0.1, 0.15) is 5.82 Å². The minimum atomic E-state index is -0.628. The van der Waals surface area contributed by atoms with Crippen molar-refractivity contribution >= 4 is 17.5 Å². The van der Waals surface area contributed by atoms with E-state index in [1.165, 1.54) is 23.1 Å². The smallest absolute Gasteiger partial charge is 0.255 e. The lowest BCUT2D eigenvalue weighted by molar-refractivity contribution is -0.0184. The van der Waals surface area contributed by atoms with E-state index in [0.29, 0.717) is 13.2 Å². The van der Waals surface area contributed by atoms with E-state index in [4.69, 9.17) is 16.3 Å². The predicted octanol–water partition coefficient (Wildman–Crippen LogP) is 1.31. The molecule has 1 aliphatic rings. The number of aliphatic hydroxyl groups is 1. The minimum Gasteiger partial charge on any atom is -0.394 e. The Balaban J connectivity index is 2.27. The Kier molecular flexibility index (Phi) is 4.16. The third-order valence-corrected chi connectivity index (χ3v) is 3.27. The summed E-state index contributed by atoms with van der Waals surface area (Å²) in [6, 6.07) is 3.69. The number of nitrogens with zero attached hydrogens (tertiary/aromatic N) is 1. The average molecular weight is 274 g/mol. The Morgan fingerprint density at radius 3 is 3.11 bits per heavy atom. The van der Waals surface area contributed by atoms with Crippen LogP contribution in [0.15, 0.2) is 18.2 Å². The van der Waals surface area contributed by atoms with E-state index in [9.17, 15) is 14.3 Å². The van der Waals surface area contributed by atoms with Gasteiger partial charge in [0.05, 0.1) is 36.4 Å². The molecular formula is C12H13ClFNO3. The van der Waals surface area contributed by atoms with Gasteiger partial charge in [0.2, 0.25) is 0 Å². The highest BCUT2D eigenvalue weighted by Gasteiger charge is 2.29. The van der Waals surface area contributed by atoms with Gasteiger partial charge in [-0.15, -0.1) is 0 Å². The Morgan fingerprint density at radius 1 is 1.61 bits per heavy atom. The second-order valence-corrected chi connectivity index (χ2v) is 4.39. The quantitative estimate of drug-likeness (QED) is 0.884. The van der Waals surface area contributed by atoms with Gasteiger partial charge in [0, 0.05) is 6.54 Å². The van der Waals surface area contributed by atoms with E-state index in [0.717, 1.165) is 0 Å². The van der Waals surface area contributed by atoms with Gasteiger partial charge in [-0.05, 0) is 12.1 Å². The van der Waals surface area contributed by atoms with Crippen LogP contribution in [0.4, 0.5) is 4.39 Å². The Labute approximate surface area is 109 Å². The maximum absolute atomic E-state index is 13.3. The van der Waals surface area contributed by atoms with Crippen LogP contribution in [-0.2, 0) is 4.74 Å². The standard InChI is InChI=1S/C12H13ClFNO3/c13-11-9(2-1-3-10(11)14)12(17)15-4-5-18-7-8(15)6-16/h1-3,8,16H,4-7H2. The number of morpholine rings is 1. The van der Waals surface area contributed by atoms with Crippen molar-refractivity contribution in [2.24, 2.45) is 0 Å². The molecule has 6 heteroatoms. The number of carbonyl (C=O) groups excluding carboxylic acids is 1. The summed E-state index contributed by atoms with van der Waals surface area (Å²) in [6.07, 6.45) is 0. The summed E-state index contributed by atoms with van der Waals surface area (Å²) in [6.45, 7) is 0.833. The molecule has 1 atom stereocenters. The predicted molar refractivity (Wildman–Crippen MR) is 64.1 cm³/mol. The van der Waals surface area contributed by atoms with E-state index in [2.05, 4.69) is 0 Å². The number of ether oxygens (including phenoxy) is 1. The van der Waals surface area contributed by atoms with E-state index in [-0.39, 0.29) is 29.7 Å². The zero-order valence-corrected chi connectivity index (χ0v) is 10.4. The monoisotopic (exact) mass is 273 g/mol. The summed E-state index contributed by atoms with van der Waals surface area (Å²) in [5, 5.41) is 9.01. The Bertz CT molecular complexity index is 455. The van der Waals surface area contributed by atoms with Gasteiger partial charge in [0.25, 0.3) is 5.91 Å². The molecule has 0 radical (unpaired) electrons. The van der Waals surface area contributed by atoms with E-state index >= 15 is 0 Å². The SMILES string of the molecule is O=C(c1cccc(F)c1Cl)N1CCOCC1CO. The van der Waals surface area contributed by atoms with Gasteiger partial charge in [-0.1, -0.05) is 17.7 Å². The molecule has 1 heterocycles. The summed E-state index contributed by atoms with van der Waals surface area (Å²) < 4.78 is 18.5. The molecule has 4 nitrogen and oxygen atoms in total. The lowest BCUT2D eigenvalue weighted by Crippen LogP contribution is -2.50. The van der Waals surface area contributed by atoms with Crippen molar-refractivity contribution in [1.82, 2.24) is 4.90 Å². The zero-order valence-electron chi connectivity index (χ0n) is 9.60. The lowest BCUT2D eigenvalue weighted by Gasteiger charge is -2.34. The topological polar surface area (TPSA) is 49.8 Å². The van der Waals surface area contributed by atoms with Crippen molar-refractivity contribution in [3.05, 3.63) is 34.6 Å². The first-order chi connectivity index (χ1) is 8.65. The molecule has 0 bridgehead atoms. The van der Waals surface area contributed by atoms with Crippen molar-refractivity contribution in [1.29, 1.82) is 0 Å². The van der Waals surface area contributed by atoms with Crippen LogP contribution in [0.2, 0.25) is 5.02 Å². The van der Waals surface area contributed by atoms with Crippen molar-refractivity contribution < 1.29 is 19.0 Å². The zero-order chi connectivity index (χ0) is 13.1. The molecule has 1 saturated heterocycles. The second-order valence-electron chi connectivity index (χ2n) is 4.01. The summed E-state index contributed by atoms with van der Waals surface area (Å²) in [4.78, 5) is 13.7. The molecule has 0 aromatic heterocycles. The number of carbonyl (C=O) groups is 1. The Morgan fingerprint density at radius 2 is 2.39 bits per heavy atom. The van der Waals surface area contributed by atoms with Crippen LogP contribution in [0.25, 0.3) is 0 Å². The van der Waals surface area contributed by atoms with Crippen LogP contribution < -0.4 is 0 Å². The van der Waals surface area contributed by atoms with E-state index < -0.39 is 11.9 Å². The van der Waals surface area contributed by atoms with Gasteiger partial charge in [-0.25, -0.2) is 4.39 Å². The first kappa shape index (κ1) is 13.3. The number of rotatable bonds is 2. The summed E-state index contributed by atoms with van der Waals surface area (Å²) in [5.41, 5.74) is 0.108. The van der Waals surface area contributed by atoms with E-state index in [1.54, 1.807) is 0 Å². The molecule has 1 fully saturated rings. The first-order valence-electron chi connectivity index (χ1n) is 5.58. The van der Waals surface area contributed by atoms with Gasteiger partial charge in [-0.3, -0.25) is 4.79 Å². The highest BCUT2D eigenvalue weighted by Crippen LogP contribution is 2.22. The number of benzene rings is 1. The molecular weight excluding hydrogens is 261 g/mol. The fourth-order valence-electron chi connectivity index (χ4n) is 1.90. The molecule has 18 heavy (non-hydrogen) atoms. The maximum Gasteiger partial charge on any atom is 0.255 e. The normalized spacial score (nSPS) is 19.9. The molecule has 1 N–H and O–H groups in total. The highest BCUT2D eigenvalue weighted by atomic mass is 35.5. The third-order valence-electron chi connectivity index (χ3n) is 2.88. The first-order valence-corrected chi connectivity index (χ1v) is 5.96. The van der Waals surface area contributed by atoms with Crippen LogP contribution >= 0.6 is 11.6 Å². The number of halogens is 2. The number of aliphatic hydroxyl groups excluding tert-OH is 1. The fourth-order valence-corrected chi connectivity index (χ4v) is 2.10. The molecule has 2 rings (SSSR count). The van der Waals surface area contributed by atoms with Crippen molar-refractivity contribution in [2.45, 2.75) is 6.04 Å². The third kappa shape index (κ3) is 2.48. The van der Waals surface area contributed by atoms with Crippen LogP contribution in [-0.4, -0.2) is 48.3 Å². The van der Waals surface area contributed by atoms with Gasteiger partial charge < -0.3 is 14.7 Å². The van der Waals surface area contributed by atoms with Gasteiger partial charge in [-0.2, -0.15) is 0 Å².